The second kappa shape index (κ2) is 7.94. The van der Waals surface area contributed by atoms with Gasteiger partial charge in [-0.05, 0) is 55.9 Å². The van der Waals surface area contributed by atoms with E-state index in [-0.39, 0.29) is 11.2 Å². The minimum absolute atomic E-state index is 0.277. The first kappa shape index (κ1) is 19.6. The van der Waals surface area contributed by atoms with E-state index in [0.717, 1.165) is 68.8 Å². The number of aromatic nitrogens is 2. The summed E-state index contributed by atoms with van der Waals surface area (Å²) >= 11 is 0. The molecule has 7 nitrogen and oxygen atoms in total. The molecule has 1 amide bonds. The molecule has 4 rings (SSSR count). The molecule has 0 atom stereocenters. The fourth-order valence-corrected chi connectivity index (χ4v) is 4.13. The molecule has 2 aromatic rings. The van der Waals surface area contributed by atoms with E-state index in [1.807, 2.05) is 6.92 Å². The lowest BCUT2D eigenvalue weighted by atomic mass is 9.78. The molecule has 0 radical (unpaired) electrons. The number of carbonyl (C=O) groups excluding carboxylic acids is 1. The van der Waals surface area contributed by atoms with Gasteiger partial charge in [0.2, 0.25) is 12.4 Å². The molecule has 1 aromatic carbocycles. The van der Waals surface area contributed by atoms with E-state index in [0.29, 0.717) is 11.8 Å². The molecule has 29 heavy (non-hydrogen) atoms. The van der Waals surface area contributed by atoms with Crippen LogP contribution in [0.3, 0.4) is 0 Å². The van der Waals surface area contributed by atoms with Gasteiger partial charge >= 0.3 is 0 Å². The largest absolute Gasteiger partial charge is 0.381 e. The van der Waals surface area contributed by atoms with Crippen LogP contribution in [0.2, 0.25) is 0 Å². The first-order valence-electron chi connectivity index (χ1n) is 9.92. The van der Waals surface area contributed by atoms with Crippen LogP contribution in [0.15, 0.2) is 29.3 Å². The highest BCUT2D eigenvalue weighted by Gasteiger charge is 2.39. The van der Waals surface area contributed by atoms with Crippen molar-refractivity contribution in [3.63, 3.8) is 0 Å². The van der Waals surface area contributed by atoms with Gasteiger partial charge in [-0.25, -0.2) is 4.39 Å². The summed E-state index contributed by atoms with van der Waals surface area (Å²) in [6.45, 7) is 5.24. The third-order valence-corrected chi connectivity index (χ3v) is 6.09. The van der Waals surface area contributed by atoms with Gasteiger partial charge in [0, 0.05) is 37.9 Å². The van der Waals surface area contributed by atoms with Crippen LogP contribution in [0.4, 0.5) is 10.2 Å². The number of hydrogen-bond donors (Lipinski definition) is 1. The lowest BCUT2D eigenvalue weighted by Gasteiger charge is -2.40. The Bertz CT molecular complexity index is 892. The monoisotopic (exact) mass is 399 g/mol. The molecule has 1 spiro atoms. The van der Waals surface area contributed by atoms with Crippen LogP contribution in [-0.4, -0.2) is 65.7 Å². The highest BCUT2D eigenvalue weighted by Crippen LogP contribution is 2.39. The summed E-state index contributed by atoms with van der Waals surface area (Å²) in [5.41, 5.74) is 2.76. The zero-order valence-electron chi connectivity index (χ0n) is 16.8. The SMILES string of the molecule is Cc1c(N=C(N(C)C=O)N2CCC3(CCOC3)CC2)n[nH]c1-c1ccc(F)cc1. The van der Waals surface area contributed by atoms with Crippen LogP contribution >= 0.6 is 0 Å². The molecule has 3 heterocycles. The van der Waals surface area contributed by atoms with E-state index in [1.165, 1.54) is 17.0 Å². The molecule has 0 saturated carbocycles. The van der Waals surface area contributed by atoms with Crippen molar-refractivity contribution < 1.29 is 13.9 Å². The van der Waals surface area contributed by atoms with Crippen LogP contribution < -0.4 is 0 Å². The summed E-state index contributed by atoms with van der Waals surface area (Å²) in [5, 5.41) is 7.33. The van der Waals surface area contributed by atoms with Crippen molar-refractivity contribution in [3.05, 3.63) is 35.6 Å². The Morgan fingerprint density at radius 3 is 2.66 bits per heavy atom. The Hall–Kier alpha value is -2.74. The van der Waals surface area contributed by atoms with Crippen molar-refractivity contribution in [2.24, 2.45) is 10.4 Å². The second-order valence-corrected chi connectivity index (χ2v) is 7.97. The summed E-state index contributed by atoms with van der Waals surface area (Å²) < 4.78 is 18.8. The smallest absolute Gasteiger partial charge is 0.216 e. The molecule has 154 valence electrons. The van der Waals surface area contributed by atoms with Crippen molar-refractivity contribution in [2.45, 2.75) is 26.2 Å². The van der Waals surface area contributed by atoms with Crippen molar-refractivity contribution in [3.8, 4) is 11.3 Å². The molecule has 2 aliphatic rings. The number of hydrogen-bond acceptors (Lipinski definition) is 4. The molecular formula is C21H26FN5O2. The van der Waals surface area contributed by atoms with Crippen LogP contribution in [0.1, 0.15) is 24.8 Å². The van der Waals surface area contributed by atoms with Crippen LogP contribution in [0.5, 0.6) is 0 Å². The predicted molar refractivity (Wildman–Crippen MR) is 108 cm³/mol. The number of amides is 1. The fourth-order valence-electron chi connectivity index (χ4n) is 4.13. The number of halogens is 1. The topological polar surface area (TPSA) is 73.8 Å². The fraction of sp³-hybridized carbons (Fsp3) is 0.476. The highest BCUT2D eigenvalue weighted by atomic mass is 19.1. The van der Waals surface area contributed by atoms with E-state index in [2.05, 4.69) is 15.1 Å². The molecule has 2 aliphatic heterocycles. The van der Waals surface area contributed by atoms with Crippen molar-refractivity contribution in [1.82, 2.24) is 20.0 Å². The van der Waals surface area contributed by atoms with Crippen LogP contribution in [-0.2, 0) is 9.53 Å². The summed E-state index contributed by atoms with van der Waals surface area (Å²) in [5.74, 6) is 0.834. The van der Waals surface area contributed by atoms with E-state index in [9.17, 15) is 9.18 Å². The van der Waals surface area contributed by atoms with Gasteiger partial charge in [0.05, 0.1) is 12.3 Å². The average Bonchev–Trinajstić information content (AvgIpc) is 3.34. The predicted octanol–water partition coefficient (Wildman–Crippen LogP) is 3.10. The number of aliphatic imine (C=N–C) groups is 1. The third kappa shape index (κ3) is 3.89. The zero-order valence-corrected chi connectivity index (χ0v) is 16.8. The number of rotatable bonds is 3. The molecular weight excluding hydrogens is 373 g/mol. The molecule has 0 aliphatic carbocycles. The molecule has 8 heteroatoms. The minimum Gasteiger partial charge on any atom is -0.381 e. The van der Waals surface area contributed by atoms with Crippen LogP contribution in [0.25, 0.3) is 11.3 Å². The molecule has 2 saturated heterocycles. The molecule has 1 aromatic heterocycles. The summed E-state index contributed by atoms with van der Waals surface area (Å²) in [7, 11) is 1.71. The molecule has 1 N–H and O–H groups in total. The molecule has 0 unspecified atom stereocenters. The first-order valence-corrected chi connectivity index (χ1v) is 9.92. The number of guanidine groups is 1. The molecule has 2 fully saturated rings. The van der Waals surface area contributed by atoms with Gasteiger partial charge in [-0.2, -0.15) is 10.1 Å². The van der Waals surface area contributed by atoms with Gasteiger partial charge < -0.3 is 9.64 Å². The number of H-pyrrole nitrogens is 1. The maximum atomic E-state index is 13.2. The number of ether oxygens (including phenoxy) is 1. The maximum absolute atomic E-state index is 13.2. The van der Waals surface area contributed by atoms with Gasteiger partial charge in [-0.15, -0.1) is 0 Å². The molecule has 0 bridgehead atoms. The summed E-state index contributed by atoms with van der Waals surface area (Å²) in [6.07, 6.45) is 3.93. The normalized spacial score (nSPS) is 19.0. The summed E-state index contributed by atoms with van der Waals surface area (Å²) in [6, 6.07) is 6.24. The standard InChI is InChI=1S/C21H26FN5O2/c1-15-18(16-3-5-17(22)6-4-16)24-25-19(15)23-20(26(2)14-28)27-10-7-21(8-11-27)9-12-29-13-21/h3-6,14H,7-13H2,1-2H3,(H,24,25). The van der Waals surface area contributed by atoms with Gasteiger partial charge in [-0.1, -0.05) is 0 Å². The van der Waals surface area contributed by atoms with Crippen LogP contribution in [0, 0.1) is 18.2 Å². The maximum Gasteiger partial charge on any atom is 0.216 e. The number of likely N-dealkylation sites (tertiary alicyclic amines) is 1. The van der Waals surface area contributed by atoms with Crippen molar-refractivity contribution in [1.29, 1.82) is 0 Å². The van der Waals surface area contributed by atoms with Crippen molar-refractivity contribution >= 4 is 18.2 Å². The quantitative estimate of drug-likeness (QED) is 0.489. The number of carbonyl (C=O) groups is 1. The number of nitrogens with one attached hydrogen (secondary N) is 1. The van der Waals surface area contributed by atoms with E-state index in [4.69, 9.17) is 9.73 Å². The highest BCUT2D eigenvalue weighted by molar-refractivity contribution is 5.90. The Labute approximate surface area is 169 Å². The van der Waals surface area contributed by atoms with Gasteiger partial charge in [0.25, 0.3) is 0 Å². The van der Waals surface area contributed by atoms with E-state index in [1.54, 1.807) is 19.2 Å². The van der Waals surface area contributed by atoms with E-state index < -0.39 is 0 Å². The van der Waals surface area contributed by atoms with Gasteiger partial charge in [0.15, 0.2) is 5.82 Å². The third-order valence-electron chi connectivity index (χ3n) is 6.09. The Morgan fingerprint density at radius 1 is 1.31 bits per heavy atom. The van der Waals surface area contributed by atoms with Gasteiger partial charge in [-0.3, -0.25) is 14.8 Å². The second-order valence-electron chi connectivity index (χ2n) is 7.97. The van der Waals surface area contributed by atoms with Gasteiger partial charge in [0.1, 0.15) is 5.82 Å². The Balaban J connectivity index is 1.59. The number of aromatic amines is 1. The first-order chi connectivity index (χ1) is 14.0. The average molecular weight is 399 g/mol. The number of benzene rings is 1. The number of nitrogens with zero attached hydrogens (tertiary/aromatic N) is 4. The van der Waals surface area contributed by atoms with Crippen molar-refractivity contribution in [2.75, 3.05) is 33.4 Å². The minimum atomic E-state index is -0.283. The van der Waals surface area contributed by atoms with E-state index >= 15 is 0 Å². The zero-order chi connectivity index (χ0) is 20.4. The lowest BCUT2D eigenvalue weighted by Crippen LogP contribution is -2.48. The Kier molecular flexibility index (Phi) is 5.36. The summed E-state index contributed by atoms with van der Waals surface area (Å²) in [4.78, 5) is 19.9. The number of piperidine rings is 1. The lowest BCUT2D eigenvalue weighted by molar-refractivity contribution is -0.114. The Morgan fingerprint density at radius 2 is 2.03 bits per heavy atom.